The summed E-state index contributed by atoms with van der Waals surface area (Å²) in [5, 5.41) is 15.9. The summed E-state index contributed by atoms with van der Waals surface area (Å²) in [5.41, 5.74) is 4.24. The maximum atomic E-state index is 12.6. The monoisotopic (exact) mass is 358 g/mol. The fourth-order valence-corrected chi connectivity index (χ4v) is 2.87. The molecule has 7 heteroatoms. The van der Waals surface area contributed by atoms with E-state index in [0.717, 1.165) is 22.8 Å². The molecule has 2 aromatic carbocycles. The van der Waals surface area contributed by atoms with Crippen LogP contribution in [-0.2, 0) is 0 Å². The number of rotatable bonds is 4. The molecule has 0 bridgehead atoms. The van der Waals surface area contributed by atoms with Gasteiger partial charge in [-0.05, 0) is 38.1 Å². The lowest BCUT2D eigenvalue weighted by molar-refractivity contribution is 0.102. The molecule has 1 N–H and O–H groups in total. The van der Waals surface area contributed by atoms with E-state index in [2.05, 4.69) is 20.6 Å². The highest BCUT2D eigenvalue weighted by Gasteiger charge is 2.18. The van der Waals surface area contributed by atoms with Gasteiger partial charge in [0.25, 0.3) is 5.91 Å². The predicted octanol–water partition coefficient (Wildman–Crippen LogP) is 3.32. The van der Waals surface area contributed by atoms with Crippen molar-refractivity contribution < 1.29 is 4.79 Å². The first-order chi connectivity index (χ1) is 13.1. The largest absolute Gasteiger partial charge is 0.317 e. The zero-order chi connectivity index (χ0) is 18.8. The van der Waals surface area contributed by atoms with Gasteiger partial charge in [-0.25, -0.2) is 4.68 Å². The molecule has 0 aliphatic heterocycles. The molecule has 4 rings (SSSR count). The topological polar surface area (TPSA) is 77.6 Å². The van der Waals surface area contributed by atoms with Crippen molar-refractivity contribution in [2.75, 3.05) is 5.32 Å². The molecule has 0 aliphatic carbocycles. The first-order valence-corrected chi connectivity index (χ1v) is 8.54. The lowest BCUT2D eigenvalue weighted by atomic mass is 10.3. The van der Waals surface area contributed by atoms with Crippen LogP contribution < -0.4 is 5.32 Å². The van der Waals surface area contributed by atoms with Crippen molar-refractivity contribution in [3.8, 4) is 11.4 Å². The van der Waals surface area contributed by atoms with Gasteiger partial charge in [0, 0.05) is 0 Å². The maximum Gasteiger partial charge on any atom is 0.277 e. The molecular weight excluding hydrogens is 340 g/mol. The fourth-order valence-electron chi connectivity index (χ4n) is 2.87. The predicted molar refractivity (Wildman–Crippen MR) is 102 cm³/mol. The normalized spacial score (nSPS) is 10.7. The van der Waals surface area contributed by atoms with Crippen LogP contribution in [0.1, 0.15) is 21.9 Å². The molecule has 2 heterocycles. The molecule has 4 aromatic rings. The van der Waals surface area contributed by atoms with Gasteiger partial charge < -0.3 is 5.32 Å². The van der Waals surface area contributed by atoms with Crippen LogP contribution in [0.4, 0.5) is 5.69 Å². The van der Waals surface area contributed by atoms with Crippen LogP contribution in [0.5, 0.6) is 0 Å². The van der Waals surface area contributed by atoms with Crippen molar-refractivity contribution in [1.29, 1.82) is 0 Å². The number of hydrogen-bond donors (Lipinski definition) is 1. The third-order valence-electron chi connectivity index (χ3n) is 4.24. The van der Waals surface area contributed by atoms with Crippen LogP contribution in [0, 0.1) is 13.8 Å². The lowest BCUT2D eigenvalue weighted by Gasteiger charge is -2.06. The average Bonchev–Trinajstić information content (AvgIpc) is 3.30. The van der Waals surface area contributed by atoms with E-state index in [1.165, 1.54) is 11.0 Å². The zero-order valence-electron chi connectivity index (χ0n) is 15.0. The minimum absolute atomic E-state index is 0.241. The number of hydrogen-bond acceptors (Lipinski definition) is 4. The van der Waals surface area contributed by atoms with Crippen molar-refractivity contribution in [3.63, 3.8) is 0 Å². The number of para-hydroxylation sites is 2. The Labute approximate surface area is 156 Å². The molecular formula is C20H18N6O. The molecule has 0 unspecified atom stereocenters. The number of amides is 1. The fraction of sp³-hybridized carbons (Fsp3) is 0.100. The quantitative estimate of drug-likeness (QED) is 0.607. The van der Waals surface area contributed by atoms with Crippen molar-refractivity contribution in [2.24, 2.45) is 0 Å². The number of carbonyl (C=O) groups excluding carboxylic acids is 1. The Morgan fingerprint density at radius 2 is 1.52 bits per heavy atom. The van der Waals surface area contributed by atoms with E-state index < -0.39 is 0 Å². The number of aryl methyl sites for hydroxylation is 1. The standard InChI is InChI=1S/C20H18N6O/c1-14-19(15(2)25(23-14)16-9-5-3-6-10-16)22-20(27)18-13-21-26(24-18)17-11-7-4-8-12-17/h3-13H,1-2H3,(H,22,27). The van der Waals surface area contributed by atoms with Crippen LogP contribution >= 0.6 is 0 Å². The molecule has 0 saturated heterocycles. The Kier molecular flexibility index (Phi) is 4.25. The van der Waals surface area contributed by atoms with Crippen molar-refractivity contribution >= 4 is 11.6 Å². The zero-order valence-corrected chi connectivity index (χ0v) is 15.0. The minimum Gasteiger partial charge on any atom is -0.317 e. The third kappa shape index (κ3) is 3.22. The molecule has 0 fully saturated rings. The molecule has 134 valence electrons. The molecule has 0 saturated carbocycles. The van der Waals surface area contributed by atoms with E-state index in [1.54, 1.807) is 0 Å². The lowest BCUT2D eigenvalue weighted by Crippen LogP contribution is -2.14. The van der Waals surface area contributed by atoms with Gasteiger partial charge in [0.15, 0.2) is 5.69 Å². The molecule has 27 heavy (non-hydrogen) atoms. The first kappa shape index (κ1) is 16.7. The van der Waals surface area contributed by atoms with Crippen LogP contribution in [0.3, 0.4) is 0 Å². The minimum atomic E-state index is -0.323. The van der Waals surface area contributed by atoms with Gasteiger partial charge >= 0.3 is 0 Å². The summed E-state index contributed by atoms with van der Waals surface area (Å²) >= 11 is 0. The molecule has 0 radical (unpaired) electrons. The SMILES string of the molecule is Cc1nn(-c2ccccc2)c(C)c1NC(=O)c1cnn(-c2ccccc2)n1. The van der Waals surface area contributed by atoms with E-state index in [4.69, 9.17) is 0 Å². The van der Waals surface area contributed by atoms with Gasteiger partial charge in [-0.15, -0.1) is 5.10 Å². The number of aromatic nitrogens is 5. The van der Waals surface area contributed by atoms with Gasteiger partial charge in [-0.3, -0.25) is 4.79 Å². The highest BCUT2D eigenvalue weighted by molar-refractivity contribution is 6.03. The third-order valence-corrected chi connectivity index (χ3v) is 4.24. The first-order valence-electron chi connectivity index (χ1n) is 8.54. The Hall–Kier alpha value is -3.74. The Bertz CT molecular complexity index is 1080. The summed E-state index contributed by atoms with van der Waals surface area (Å²) in [4.78, 5) is 14.1. The second kappa shape index (κ2) is 6.87. The van der Waals surface area contributed by atoms with Crippen molar-refractivity contribution in [1.82, 2.24) is 24.8 Å². The van der Waals surface area contributed by atoms with Gasteiger partial charge in [0.05, 0.1) is 34.6 Å². The summed E-state index contributed by atoms with van der Waals surface area (Å²) < 4.78 is 1.81. The van der Waals surface area contributed by atoms with Gasteiger partial charge in [-0.1, -0.05) is 36.4 Å². The maximum absolute atomic E-state index is 12.6. The molecule has 1 amide bonds. The Balaban J connectivity index is 1.59. The second-order valence-electron chi connectivity index (χ2n) is 6.10. The number of nitrogens with zero attached hydrogens (tertiary/aromatic N) is 5. The van der Waals surface area contributed by atoms with Crippen LogP contribution in [-0.4, -0.2) is 30.7 Å². The van der Waals surface area contributed by atoms with E-state index in [9.17, 15) is 4.79 Å². The van der Waals surface area contributed by atoms with E-state index in [1.807, 2.05) is 79.2 Å². The molecule has 7 nitrogen and oxygen atoms in total. The van der Waals surface area contributed by atoms with Gasteiger partial charge in [0.1, 0.15) is 0 Å². The molecule has 0 spiro atoms. The Morgan fingerprint density at radius 3 is 2.19 bits per heavy atom. The Morgan fingerprint density at radius 1 is 0.889 bits per heavy atom. The average molecular weight is 358 g/mol. The number of benzene rings is 2. The summed E-state index contributed by atoms with van der Waals surface area (Å²) in [6, 6.07) is 19.2. The number of anilines is 1. The highest BCUT2D eigenvalue weighted by atomic mass is 16.2. The van der Waals surface area contributed by atoms with Crippen LogP contribution in [0.25, 0.3) is 11.4 Å². The highest BCUT2D eigenvalue weighted by Crippen LogP contribution is 2.23. The van der Waals surface area contributed by atoms with Gasteiger partial charge in [-0.2, -0.15) is 15.0 Å². The van der Waals surface area contributed by atoms with Crippen LogP contribution in [0.2, 0.25) is 0 Å². The molecule has 2 aromatic heterocycles. The molecule has 0 aliphatic rings. The van der Waals surface area contributed by atoms with Crippen LogP contribution in [0.15, 0.2) is 66.9 Å². The summed E-state index contributed by atoms with van der Waals surface area (Å²) in [7, 11) is 0. The summed E-state index contributed by atoms with van der Waals surface area (Å²) in [6.07, 6.45) is 1.45. The summed E-state index contributed by atoms with van der Waals surface area (Å²) in [5.74, 6) is -0.323. The van der Waals surface area contributed by atoms with E-state index in [0.29, 0.717) is 5.69 Å². The van der Waals surface area contributed by atoms with Crippen molar-refractivity contribution in [3.05, 3.63) is 83.9 Å². The van der Waals surface area contributed by atoms with E-state index >= 15 is 0 Å². The van der Waals surface area contributed by atoms with Crippen molar-refractivity contribution in [2.45, 2.75) is 13.8 Å². The smallest absolute Gasteiger partial charge is 0.277 e. The van der Waals surface area contributed by atoms with E-state index in [-0.39, 0.29) is 11.6 Å². The summed E-state index contributed by atoms with van der Waals surface area (Å²) in [6.45, 7) is 3.78. The number of carbonyl (C=O) groups is 1. The number of nitrogens with one attached hydrogen (secondary N) is 1. The molecule has 0 atom stereocenters. The van der Waals surface area contributed by atoms with Gasteiger partial charge in [0.2, 0.25) is 0 Å². The second-order valence-corrected chi connectivity index (χ2v) is 6.10.